The summed E-state index contributed by atoms with van der Waals surface area (Å²) in [6.07, 6.45) is 3.35. The Hall–Kier alpha value is -3.13. The molecule has 0 spiro atoms. The molecule has 134 valence electrons. The summed E-state index contributed by atoms with van der Waals surface area (Å²) >= 11 is 0. The van der Waals surface area contributed by atoms with E-state index in [1.807, 2.05) is 25.1 Å². The van der Waals surface area contributed by atoms with Gasteiger partial charge in [0.05, 0.1) is 18.0 Å². The molecule has 0 aromatic carbocycles. The smallest absolute Gasteiger partial charge is 0.262 e. The lowest BCUT2D eigenvalue weighted by atomic mass is 10.2. The molecule has 0 amide bonds. The summed E-state index contributed by atoms with van der Waals surface area (Å²) in [6.45, 7) is 2.51. The lowest BCUT2D eigenvalue weighted by molar-refractivity contribution is 0.274. The van der Waals surface area contributed by atoms with E-state index in [2.05, 4.69) is 20.6 Å². The molecule has 3 aromatic heterocycles. The van der Waals surface area contributed by atoms with Crippen LogP contribution in [0.2, 0.25) is 0 Å². The number of pyridine rings is 3. The van der Waals surface area contributed by atoms with Crippen molar-refractivity contribution < 1.29 is 9.84 Å². The van der Waals surface area contributed by atoms with Crippen LogP contribution in [0.1, 0.15) is 6.92 Å². The van der Waals surface area contributed by atoms with Crippen molar-refractivity contribution in [2.45, 2.75) is 19.5 Å². The van der Waals surface area contributed by atoms with Gasteiger partial charge in [-0.2, -0.15) is 0 Å². The van der Waals surface area contributed by atoms with Crippen molar-refractivity contribution in [1.29, 1.82) is 0 Å². The van der Waals surface area contributed by atoms with Crippen LogP contribution < -0.4 is 20.9 Å². The number of ether oxygens (including phenoxy) is 1. The van der Waals surface area contributed by atoms with Gasteiger partial charge in [-0.25, -0.2) is 9.97 Å². The van der Waals surface area contributed by atoms with Gasteiger partial charge in [-0.3, -0.25) is 4.79 Å². The van der Waals surface area contributed by atoms with E-state index < -0.39 is 0 Å². The minimum Gasteiger partial charge on any atom is -0.491 e. The minimum atomic E-state index is -0.195. The Morgan fingerprint density at radius 3 is 3.08 bits per heavy atom. The Bertz CT molecular complexity index is 1020. The van der Waals surface area contributed by atoms with Gasteiger partial charge in [0.25, 0.3) is 5.56 Å². The van der Waals surface area contributed by atoms with E-state index in [-0.39, 0.29) is 24.8 Å². The number of aliphatic hydroxyl groups excluding tert-OH is 1. The van der Waals surface area contributed by atoms with Crippen LogP contribution in [-0.2, 0) is 6.54 Å². The van der Waals surface area contributed by atoms with Gasteiger partial charge in [-0.05, 0) is 30.5 Å². The molecule has 0 radical (unpaired) electrons. The first-order valence-corrected chi connectivity index (χ1v) is 8.41. The van der Waals surface area contributed by atoms with E-state index in [0.29, 0.717) is 35.2 Å². The van der Waals surface area contributed by atoms with Gasteiger partial charge in [0, 0.05) is 25.0 Å². The Morgan fingerprint density at radius 2 is 2.23 bits per heavy atom. The highest BCUT2D eigenvalue weighted by Gasteiger charge is 2.16. The van der Waals surface area contributed by atoms with E-state index in [1.54, 1.807) is 18.5 Å². The predicted octanol–water partition coefficient (Wildman–Crippen LogP) is 1.72. The topological polar surface area (TPSA) is 101 Å². The van der Waals surface area contributed by atoms with Gasteiger partial charge in [0.1, 0.15) is 29.8 Å². The summed E-state index contributed by atoms with van der Waals surface area (Å²) in [5, 5.41) is 16.8. The zero-order valence-electron chi connectivity index (χ0n) is 14.3. The molecule has 0 aliphatic carbocycles. The van der Waals surface area contributed by atoms with Gasteiger partial charge in [-0.1, -0.05) is 0 Å². The second-order valence-corrected chi connectivity index (χ2v) is 6.22. The fraction of sp³-hybridized carbons (Fsp3) is 0.278. The maximum atomic E-state index is 12.8. The lowest BCUT2D eigenvalue weighted by Gasteiger charge is -2.17. The second-order valence-electron chi connectivity index (χ2n) is 6.22. The van der Waals surface area contributed by atoms with Crippen molar-refractivity contribution in [1.82, 2.24) is 14.5 Å². The third kappa shape index (κ3) is 3.06. The summed E-state index contributed by atoms with van der Waals surface area (Å²) in [5.41, 5.74) is -0.195. The summed E-state index contributed by atoms with van der Waals surface area (Å²) in [5.74, 6) is 2.39. The highest BCUT2D eigenvalue weighted by molar-refractivity contribution is 5.93. The van der Waals surface area contributed by atoms with Crippen LogP contribution >= 0.6 is 0 Å². The van der Waals surface area contributed by atoms with Crippen molar-refractivity contribution in [2.24, 2.45) is 0 Å². The molecule has 1 aliphatic heterocycles. The largest absolute Gasteiger partial charge is 0.491 e. The standard InChI is InChI=1S/C18H19N5O3/c1-11-10-26-13-2-4-19-14(9-13)21-15-8-12-3-5-23(6-7-24)18(25)16(12)17(20-11)22-15/h2-5,8-9,11,24H,6-7,10H2,1H3,(H2,19,20,21,22). The number of nitrogens with one attached hydrogen (secondary N) is 2. The maximum absolute atomic E-state index is 12.8. The van der Waals surface area contributed by atoms with E-state index in [9.17, 15) is 4.79 Å². The molecule has 1 atom stereocenters. The molecule has 0 fully saturated rings. The number of hydrogen-bond acceptors (Lipinski definition) is 7. The zero-order chi connectivity index (χ0) is 18.1. The monoisotopic (exact) mass is 353 g/mol. The first-order chi connectivity index (χ1) is 12.6. The molecule has 3 aromatic rings. The quantitative estimate of drug-likeness (QED) is 0.645. The molecular formula is C18H19N5O3. The van der Waals surface area contributed by atoms with Crippen molar-refractivity contribution >= 4 is 28.2 Å². The third-order valence-corrected chi connectivity index (χ3v) is 4.17. The number of anilines is 3. The Labute approximate surface area is 149 Å². The average Bonchev–Trinajstić information content (AvgIpc) is 2.63. The molecule has 4 heterocycles. The van der Waals surface area contributed by atoms with Crippen LogP contribution in [0.4, 0.5) is 17.5 Å². The van der Waals surface area contributed by atoms with Crippen molar-refractivity contribution in [3.8, 4) is 5.75 Å². The number of hydrogen-bond donors (Lipinski definition) is 3. The summed E-state index contributed by atoms with van der Waals surface area (Å²) in [7, 11) is 0. The van der Waals surface area contributed by atoms with Crippen LogP contribution in [0.5, 0.6) is 5.75 Å². The molecule has 4 rings (SSSR count). The molecule has 1 aliphatic rings. The molecule has 8 nitrogen and oxygen atoms in total. The fourth-order valence-electron chi connectivity index (χ4n) is 2.95. The van der Waals surface area contributed by atoms with E-state index in [1.165, 1.54) is 4.57 Å². The molecular weight excluding hydrogens is 334 g/mol. The molecule has 8 heteroatoms. The summed E-state index contributed by atoms with van der Waals surface area (Å²) in [4.78, 5) is 21.7. The Kier molecular flexibility index (Phi) is 4.18. The van der Waals surface area contributed by atoms with Crippen LogP contribution in [0.3, 0.4) is 0 Å². The van der Waals surface area contributed by atoms with Crippen LogP contribution in [0.15, 0.2) is 41.5 Å². The fourth-order valence-corrected chi connectivity index (χ4v) is 2.95. The predicted molar refractivity (Wildman–Crippen MR) is 99.2 cm³/mol. The molecule has 26 heavy (non-hydrogen) atoms. The van der Waals surface area contributed by atoms with E-state index in [4.69, 9.17) is 9.84 Å². The Balaban J connectivity index is 1.90. The SMILES string of the molecule is CC1COc2ccnc(c2)Nc2cc3ccn(CCO)c(=O)c3c(n2)N1. The molecule has 3 N–H and O–H groups in total. The summed E-state index contributed by atoms with van der Waals surface area (Å²) in [6, 6.07) is 7.19. The Morgan fingerprint density at radius 1 is 1.35 bits per heavy atom. The number of fused-ring (bicyclic) bond motifs is 6. The van der Waals surface area contributed by atoms with Crippen LogP contribution in [-0.4, -0.2) is 38.9 Å². The van der Waals surface area contributed by atoms with E-state index in [0.717, 1.165) is 5.39 Å². The molecule has 0 saturated heterocycles. The number of aliphatic hydroxyl groups is 1. The number of aromatic nitrogens is 3. The van der Waals surface area contributed by atoms with Gasteiger partial charge in [-0.15, -0.1) is 0 Å². The van der Waals surface area contributed by atoms with Crippen LogP contribution in [0, 0.1) is 0 Å². The van der Waals surface area contributed by atoms with Crippen molar-refractivity contribution in [3.05, 3.63) is 47.0 Å². The first kappa shape index (κ1) is 16.3. The van der Waals surface area contributed by atoms with Gasteiger partial charge < -0.3 is 25.0 Å². The second kappa shape index (κ2) is 6.64. The molecule has 1 unspecified atom stereocenters. The third-order valence-electron chi connectivity index (χ3n) is 4.17. The van der Waals surface area contributed by atoms with Crippen LogP contribution in [0.25, 0.3) is 10.8 Å². The normalized spacial score (nSPS) is 16.2. The first-order valence-electron chi connectivity index (χ1n) is 8.41. The minimum absolute atomic E-state index is 0.0680. The van der Waals surface area contributed by atoms with E-state index >= 15 is 0 Å². The van der Waals surface area contributed by atoms with Gasteiger partial charge >= 0.3 is 0 Å². The van der Waals surface area contributed by atoms with Gasteiger partial charge in [0.2, 0.25) is 0 Å². The highest BCUT2D eigenvalue weighted by Crippen LogP contribution is 2.26. The highest BCUT2D eigenvalue weighted by atomic mass is 16.5. The number of nitrogens with zero attached hydrogens (tertiary/aromatic N) is 3. The lowest BCUT2D eigenvalue weighted by Crippen LogP contribution is -2.27. The molecule has 0 saturated carbocycles. The van der Waals surface area contributed by atoms with Crippen molar-refractivity contribution in [2.75, 3.05) is 23.8 Å². The van der Waals surface area contributed by atoms with Gasteiger partial charge in [0.15, 0.2) is 0 Å². The zero-order valence-corrected chi connectivity index (χ0v) is 14.3. The summed E-state index contributed by atoms with van der Waals surface area (Å²) < 4.78 is 7.26. The average molecular weight is 353 g/mol. The maximum Gasteiger partial charge on any atom is 0.262 e. The van der Waals surface area contributed by atoms with Crippen molar-refractivity contribution in [3.63, 3.8) is 0 Å². The number of rotatable bonds is 2. The molecule has 4 bridgehead atoms.